The van der Waals surface area contributed by atoms with Gasteiger partial charge in [0, 0.05) is 17.5 Å². The third-order valence-corrected chi connectivity index (χ3v) is 5.08. The maximum atomic E-state index is 14.0. The number of benzene rings is 3. The summed E-state index contributed by atoms with van der Waals surface area (Å²) in [6.07, 6.45) is 0.742. The van der Waals surface area contributed by atoms with E-state index in [1.165, 1.54) is 6.07 Å². The third-order valence-electron chi connectivity index (χ3n) is 4.81. The second kappa shape index (κ2) is 8.45. The molecule has 0 amide bonds. The van der Waals surface area contributed by atoms with Crippen LogP contribution in [0, 0.1) is 10.6 Å². The van der Waals surface area contributed by atoms with Gasteiger partial charge < -0.3 is 10.2 Å². The molecule has 2 N–H and O–H groups in total. The van der Waals surface area contributed by atoms with Crippen molar-refractivity contribution in [3.63, 3.8) is 0 Å². The number of fused-ring (bicyclic) bond motifs is 1. The second-order valence-electron chi connectivity index (χ2n) is 6.61. The smallest absolute Gasteiger partial charge is 0.214 e. The van der Waals surface area contributed by atoms with Crippen LogP contribution in [0.25, 0.3) is 10.8 Å². The number of aromatic amines is 1. The minimum atomic E-state index is -0.273. The predicted molar refractivity (Wildman–Crippen MR) is 115 cm³/mol. The number of aryl methyl sites for hydroxylation is 1. The standard InChI is InChI=1S/C22H21FN4OS/c1-2-21-25-26-22(29)27(21)24-13-18-17-9-5-3-7-15(17)11-12-20(18)28-14-16-8-4-6-10-19(16)23/h3-12,24H,2,13-14H2,1H3,(H,26,29). The topological polar surface area (TPSA) is 54.9 Å². The van der Waals surface area contributed by atoms with Gasteiger partial charge in [-0.05, 0) is 35.1 Å². The fraction of sp³-hybridized carbons (Fsp3) is 0.182. The molecule has 4 rings (SSSR count). The van der Waals surface area contributed by atoms with Crippen molar-refractivity contribution in [1.82, 2.24) is 14.9 Å². The molecule has 5 nitrogen and oxygen atoms in total. The molecule has 3 aromatic carbocycles. The number of hydrogen-bond donors (Lipinski definition) is 2. The molecule has 0 saturated carbocycles. The van der Waals surface area contributed by atoms with Gasteiger partial charge in [0.05, 0.1) is 6.54 Å². The molecular weight excluding hydrogens is 387 g/mol. The van der Waals surface area contributed by atoms with E-state index in [0.717, 1.165) is 28.6 Å². The number of nitrogens with one attached hydrogen (secondary N) is 2. The lowest BCUT2D eigenvalue weighted by molar-refractivity contribution is 0.297. The van der Waals surface area contributed by atoms with Gasteiger partial charge in [-0.3, -0.25) is 5.10 Å². The van der Waals surface area contributed by atoms with Crippen LogP contribution in [-0.4, -0.2) is 14.9 Å². The molecule has 0 aliphatic carbocycles. The average Bonchev–Trinajstić information content (AvgIpc) is 3.11. The minimum absolute atomic E-state index is 0.156. The number of hydrogen-bond acceptors (Lipinski definition) is 4. The van der Waals surface area contributed by atoms with Gasteiger partial charge in [0.2, 0.25) is 4.77 Å². The van der Waals surface area contributed by atoms with E-state index < -0.39 is 0 Å². The SMILES string of the molecule is CCc1n[nH]c(=S)n1NCc1c(OCc2ccccc2F)ccc2ccccc12. The zero-order valence-electron chi connectivity index (χ0n) is 16.0. The molecule has 0 bridgehead atoms. The molecule has 0 aliphatic heterocycles. The highest BCUT2D eigenvalue weighted by Crippen LogP contribution is 2.29. The summed E-state index contributed by atoms with van der Waals surface area (Å²) in [4.78, 5) is 0. The van der Waals surface area contributed by atoms with Crippen LogP contribution in [0.1, 0.15) is 23.9 Å². The first-order valence-electron chi connectivity index (χ1n) is 9.44. The van der Waals surface area contributed by atoms with Gasteiger partial charge in [0.15, 0.2) is 5.82 Å². The molecule has 0 spiro atoms. The van der Waals surface area contributed by atoms with Crippen LogP contribution < -0.4 is 10.2 Å². The van der Waals surface area contributed by atoms with E-state index >= 15 is 0 Å². The summed E-state index contributed by atoms with van der Waals surface area (Å²) in [6, 6.07) is 18.7. The van der Waals surface area contributed by atoms with Crippen molar-refractivity contribution in [2.75, 3.05) is 5.43 Å². The third kappa shape index (κ3) is 4.00. The maximum Gasteiger partial charge on any atom is 0.214 e. The van der Waals surface area contributed by atoms with Crippen molar-refractivity contribution >= 4 is 23.0 Å². The molecule has 0 saturated heterocycles. The molecule has 1 aromatic heterocycles. The van der Waals surface area contributed by atoms with E-state index in [0.29, 0.717) is 22.6 Å². The molecule has 7 heteroatoms. The molecule has 0 unspecified atom stereocenters. The Labute approximate surface area is 173 Å². The largest absolute Gasteiger partial charge is 0.488 e. The Kier molecular flexibility index (Phi) is 5.57. The van der Waals surface area contributed by atoms with Crippen LogP contribution in [0.3, 0.4) is 0 Å². The Morgan fingerprint density at radius 1 is 1.10 bits per heavy atom. The van der Waals surface area contributed by atoms with Gasteiger partial charge in [-0.1, -0.05) is 55.5 Å². The maximum absolute atomic E-state index is 14.0. The van der Waals surface area contributed by atoms with E-state index in [1.54, 1.807) is 22.9 Å². The van der Waals surface area contributed by atoms with E-state index in [2.05, 4.69) is 27.8 Å². The highest BCUT2D eigenvalue weighted by Gasteiger charge is 2.12. The van der Waals surface area contributed by atoms with Crippen molar-refractivity contribution in [2.45, 2.75) is 26.5 Å². The second-order valence-corrected chi connectivity index (χ2v) is 7.00. The highest BCUT2D eigenvalue weighted by molar-refractivity contribution is 7.71. The van der Waals surface area contributed by atoms with Crippen molar-refractivity contribution in [2.24, 2.45) is 0 Å². The van der Waals surface area contributed by atoms with Gasteiger partial charge in [-0.2, -0.15) is 5.10 Å². The molecule has 0 radical (unpaired) electrons. The quantitative estimate of drug-likeness (QED) is 0.417. The summed E-state index contributed by atoms with van der Waals surface area (Å²) in [5.41, 5.74) is 4.83. The fourth-order valence-corrected chi connectivity index (χ4v) is 3.51. The lowest BCUT2D eigenvalue weighted by atomic mass is 10.0. The van der Waals surface area contributed by atoms with Gasteiger partial charge in [-0.25, -0.2) is 9.07 Å². The van der Waals surface area contributed by atoms with E-state index in [-0.39, 0.29) is 12.4 Å². The molecule has 1 heterocycles. The Morgan fingerprint density at radius 2 is 1.90 bits per heavy atom. The van der Waals surface area contributed by atoms with E-state index in [9.17, 15) is 4.39 Å². The van der Waals surface area contributed by atoms with Crippen LogP contribution in [0.5, 0.6) is 5.75 Å². The predicted octanol–water partition coefficient (Wildman–Crippen LogP) is 5.12. The van der Waals surface area contributed by atoms with Gasteiger partial charge in [-0.15, -0.1) is 0 Å². The van der Waals surface area contributed by atoms with Gasteiger partial charge in [0.1, 0.15) is 18.2 Å². The number of H-pyrrole nitrogens is 1. The lowest BCUT2D eigenvalue weighted by Crippen LogP contribution is -2.18. The number of nitrogens with zero attached hydrogens (tertiary/aromatic N) is 2. The van der Waals surface area contributed by atoms with Gasteiger partial charge >= 0.3 is 0 Å². The number of aromatic nitrogens is 3. The zero-order chi connectivity index (χ0) is 20.2. The van der Waals surface area contributed by atoms with E-state index in [1.807, 2.05) is 31.2 Å². The molecule has 0 fully saturated rings. The zero-order valence-corrected chi connectivity index (χ0v) is 16.8. The summed E-state index contributed by atoms with van der Waals surface area (Å²) >= 11 is 5.32. The van der Waals surface area contributed by atoms with Crippen LogP contribution in [-0.2, 0) is 19.6 Å². The summed E-state index contributed by atoms with van der Waals surface area (Å²) in [6.45, 7) is 2.65. The van der Waals surface area contributed by atoms with Crippen molar-refractivity contribution in [1.29, 1.82) is 0 Å². The van der Waals surface area contributed by atoms with Gasteiger partial charge in [0.25, 0.3) is 0 Å². The molecule has 4 aromatic rings. The first-order chi connectivity index (χ1) is 14.2. The first-order valence-corrected chi connectivity index (χ1v) is 9.85. The van der Waals surface area contributed by atoms with Crippen LogP contribution in [0.2, 0.25) is 0 Å². The Bertz CT molecular complexity index is 1200. The van der Waals surface area contributed by atoms with Crippen LogP contribution in [0.4, 0.5) is 4.39 Å². The normalized spacial score (nSPS) is 11.0. The van der Waals surface area contributed by atoms with Crippen molar-refractivity contribution in [3.8, 4) is 5.75 Å². The number of ether oxygens (including phenoxy) is 1. The van der Waals surface area contributed by atoms with E-state index in [4.69, 9.17) is 17.0 Å². The van der Waals surface area contributed by atoms with Crippen LogP contribution in [0.15, 0.2) is 60.7 Å². The molecular formula is C22H21FN4OS. The first kappa shape index (κ1) is 19.1. The summed E-state index contributed by atoms with van der Waals surface area (Å²) < 4.78 is 22.3. The number of rotatable bonds is 7. The molecule has 0 atom stereocenters. The minimum Gasteiger partial charge on any atom is -0.488 e. The van der Waals surface area contributed by atoms with Crippen molar-refractivity contribution in [3.05, 3.63) is 88.2 Å². The molecule has 29 heavy (non-hydrogen) atoms. The average molecular weight is 409 g/mol. The Morgan fingerprint density at radius 3 is 2.72 bits per heavy atom. The molecule has 148 valence electrons. The summed E-state index contributed by atoms with van der Waals surface area (Å²) in [5.74, 6) is 1.25. The summed E-state index contributed by atoms with van der Waals surface area (Å²) in [7, 11) is 0. The van der Waals surface area contributed by atoms with Crippen LogP contribution >= 0.6 is 12.2 Å². The molecule has 0 aliphatic rings. The lowest BCUT2D eigenvalue weighted by Gasteiger charge is -2.16. The highest BCUT2D eigenvalue weighted by atomic mass is 32.1. The Hall–Kier alpha value is -3.19. The summed E-state index contributed by atoms with van der Waals surface area (Å²) in [5, 5.41) is 9.21. The van der Waals surface area contributed by atoms with Crippen molar-refractivity contribution < 1.29 is 9.13 Å². The Balaban J connectivity index is 1.66. The monoisotopic (exact) mass is 408 g/mol. The fourth-order valence-electron chi connectivity index (χ4n) is 3.29. The number of halogens is 1.